The second kappa shape index (κ2) is 8.78. The normalized spacial score (nSPS) is 13.3. The van der Waals surface area contributed by atoms with Crippen LogP contribution >= 0.6 is 11.3 Å². The Labute approximate surface area is 194 Å². The van der Waals surface area contributed by atoms with Gasteiger partial charge in [-0.2, -0.15) is 0 Å². The minimum Gasteiger partial charge on any atom is -0.464 e. The second-order valence-electron chi connectivity index (χ2n) is 8.04. The van der Waals surface area contributed by atoms with Crippen molar-refractivity contribution in [2.75, 3.05) is 13.1 Å². The maximum absolute atomic E-state index is 13.8. The van der Waals surface area contributed by atoms with Crippen LogP contribution in [0.2, 0.25) is 0 Å². The Morgan fingerprint density at radius 3 is 2.82 bits per heavy atom. The molecule has 0 aliphatic heterocycles. The monoisotopic (exact) mass is 463 g/mol. The van der Waals surface area contributed by atoms with Crippen LogP contribution in [0.3, 0.4) is 0 Å². The number of fused-ring (bicyclic) bond motifs is 1. The van der Waals surface area contributed by atoms with Gasteiger partial charge in [0.25, 0.3) is 11.8 Å². The number of benzene rings is 2. The molecule has 0 bridgehead atoms. The fourth-order valence-corrected chi connectivity index (χ4v) is 4.85. The molecule has 0 atom stereocenters. The molecule has 5 rings (SSSR count). The molecule has 0 radical (unpaired) electrons. The molecule has 33 heavy (non-hydrogen) atoms. The zero-order valence-electron chi connectivity index (χ0n) is 18.0. The summed E-state index contributed by atoms with van der Waals surface area (Å²) in [5.41, 5.74) is 2.17. The lowest BCUT2D eigenvalue weighted by Crippen LogP contribution is -2.40. The molecule has 2 amide bonds. The van der Waals surface area contributed by atoms with Gasteiger partial charge in [0, 0.05) is 24.5 Å². The first-order chi connectivity index (χ1) is 16.0. The van der Waals surface area contributed by atoms with E-state index in [-0.39, 0.29) is 23.7 Å². The number of carbonyl (C=O) groups is 2. The molecule has 1 aliphatic carbocycles. The van der Waals surface area contributed by atoms with Crippen LogP contribution in [0.1, 0.15) is 38.7 Å². The van der Waals surface area contributed by atoms with Crippen molar-refractivity contribution in [1.29, 1.82) is 0 Å². The second-order valence-corrected chi connectivity index (χ2v) is 9.25. The van der Waals surface area contributed by atoms with Crippen molar-refractivity contribution in [2.24, 2.45) is 0 Å². The summed E-state index contributed by atoms with van der Waals surface area (Å²) >= 11 is 1.38. The summed E-state index contributed by atoms with van der Waals surface area (Å²) in [6, 6.07) is 13.4. The Morgan fingerprint density at radius 2 is 2.03 bits per heavy atom. The van der Waals surface area contributed by atoms with Gasteiger partial charge in [0.1, 0.15) is 17.1 Å². The van der Waals surface area contributed by atoms with E-state index in [1.54, 1.807) is 41.5 Å². The van der Waals surface area contributed by atoms with Crippen LogP contribution in [0.15, 0.2) is 59.2 Å². The fourth-order valence-electron chi connectivity index (χ4n) is 3.95. The van der Waals surface area contributed by atoms with Gasteiger partial charge in [-0.05, 0) is 55.7 Å². The summed E-state index contributed by atoms with van der Waals surface area (Å²) < 4.78 is 19.2. The van der Waals surface area contributed by atoms with Crippen LogP contribution in [0, 0.1) is 12.7 Å². The Hall–Kier alpha value is -3.52. The molecule has 0 unspecified atom stereocenters. The summed E-state index contributed by atoms with van der Waals surface area (Å²) in [5.74, 6) is -0.756. The van der Waals surface area contributed by atoms with Crippen molar-refractivity contribution in [3.8, 4) is 10.4 Å². The van der Waals surface area contributed by atoms with E-state index in [1.807, 2.05) is 13.0 Å². The molecule has 0 spiro atoms. The fraction of sp³-hybridized carbons (Fsp3) is 0.240. The topological polar surface area (TPSA) is 75.4 Å². The number of hydrogen-bond donors (Lipinski definition) is 1. The van der Waals surface area contributed by atoms with Crippen molar-refractivity contribution in [1.82, 2.24) is 15.2 Å². The maximum atomic E-state index is 13.8. The Bertz CT molecular complexity index is 1340. The number of aryl methyl sites for hydroxylation is 1. The summed E-state index contributed by atoms with van der Waals surface area (Å²) in [6.45, 7) is 2.52. The predicted octanol–water partition coefficient (Wildman–Crippen LogP) is 5.04. The quantitative estimate of drug-likeness (QED) is 0.417. The molecule has 168 valence electrons. The van der Waals surface area contributed by atoms with E-state index in [9.17, 15) is 14.0 Å². The molecular formula is C25H22FN3O3S. The highest BCUT2D eigenvalue weighted by Crippen LogP contribution is 2.34. The van der Waals surface area contributed by atoms with Gasteiger partial charge < -0.3 is 14.6 Å². The summed E-state index contributed by atoms with van der Waals surface area (Å²) in [6.07, 6.45) is 3.40. The van der Waals surface area contributed by atoms with E-state index in [1.165, 1.54) is 23.5 Å². The molecule has 1 aliphatic rings. The lowest BCUT2D eigenvalue weighted by Gasteiger charge is -2.22. The Kier molecular flexibility index (Phi) is 5.68. The summed E-state index contributed by atoms with van der Waals surface area (Å²) in [5, 5.41) is 4.42. The number of nitrogens with one attached hydrogen (secondary N) is 1. The van der Waals surface area contributed by atoms with Gasteiger partial charge in [-0.15, -0.1) is 11.3 Å². The first-order valence-electron chi connectivity index (χ1n) is 10.8. The first kappa shape index (κ1) is 21.3. The van der Waals surface area contributed by atoms with Crippen LogP contribution in [-0.4, -0.2) is 40.8 Å². The molecule has 2 aromatic carbocycles. The highest BCUT2D eigenvalue weighted by Gasteiger charge is 2.35. The molecule has 6 nitrogen and oxygen atoms in total. The molecule has 8 heteroatoms. The average Bonchev–Trinajstić information content (AvgIpc) is 3.38. The van der Waals surface area contributed by atoms with Gasteiger partial charge in [-0.25, -0.2) is 9.37 Å². The predicted molar refractivity (Wildman–Crippen MR) is 125 cm³/mol. The SMILES string of the molecule is Cc1nc(C(=O)N(CCNC(=O)c2cccc3occc23)C2CC2)c(-c2cccc(F)c2)s1. The van der Waals surface area contributed by atoms with Gasteiger partial charge in [0.15, 0.2) is 0 Å². The third-order valence-corrected chi connectivity index (χ3v) is 6.67. The maximum Gasteiger partial charge on any atom is 0.274 e. The summed E-state index contributed by atoms with van der Waals surface area (Å²) in [4.78, 5) is 33.1. The molecule has 2 heterocycles. The summed E-state index contributed by atoms with van der Waals surface area (Å²) in [7, 11) is 0. The number of hydrogen-bond acceptors (Lipinski definition) is 5. The molecule has 1 saturated carbocycles. The third-order valence-electron chi connectivity index (χ3n) is 5.65. The molecule has 4 aromatic rings. The number of carbonyl (C=O) groups excluding carboxylic acids is 2. The molecule has 1 N–H and O–H groups in total. The minimum atomic E-state index is -0.355. The van der Waals surface area contributed by atoms with Crippen molar-refractivity contribution >= 4 is 34.1 Å². The van der Waals surface area contributed by atoms with Crippen LogP contribution in [0.4, 0.5) is 4.39 Å². The van der Waals surface area contributed by atoms with E-state index in [2.05, 4.69) is 10.3 Å². The number of furan rings is 1. The number of nitrogens with zero attached hydrogens (tertiary/aromatic N) is 2. The smallest absolute Gasteiger partial charge is 0.274 e. The van der Waals surface area contributed by atoms with Crippen molar-refractivity contribution < 1.29 is 18.4 Å². The van der Waals surface area contributed by atoms with Crippen LogP contribution in [-0.2, 0) is 0 Å². The highest BCUT2D eigenvalue weighted by molar-refractivity contribution is 7.15. The molecule has 2 aromatic heterocycles. The molecule has 0 saturated heterocycles. The number of amides is 2. The Morgan fingerprint density at radius 1 is 1.21 bits per heavy atom. The minimum absolute atomic E-state index is 0.133. The molecule has 1 fully saturated rings. The lowest BCUT2D eigenvalue weighted by atomic mass is 10.1. The largest absolute Gasteiger partial charge is 0.464 e. The molecular weight excluding hydrogens is 441 g/mol. The van der Waals surface area contributed by atoms with E-state index < -0.39 is 0 Å². The van der Waals surface area contributed by atoms with Crippen molar-refractivity contribution in [3.63, 3.8) is 0 Å². The van der Waals surface area contributed by atoms with Crippen LogP contribution in [0.25, 0.3) is 21.4 Å². The van der Waals surface area contributed by atoms with E-state index in [0.717, 1.165) is 23.2 Å². The van der Waals surface area contributed by atoms with Gasteiger partial charge in [0.2, 0.25) is 0 Å². The zero-order chi connectivity index (χ0) is 22.9. The number of halogens is 1. The van der Waals surface area contributed by atoms with E-state index >= 15 is 0 Å². The van der Waals surface area contributed by atoms with E-state index in [0.29, 0.717) is 40.4 Å². The average molecular weight is 464 g/mol. The standard InChI is InChI=1S/C25H22FN3O3S/c1-15-28-22(23(33-15)16-4-2-5-17(26)14-16)25(31)29(18-8-9-18)12-11-27-24(30)20-6-3-7-21-19(20)10-13-32-21/h2-7,10,13-14,18H,8-9,11-12H2,1H3,(H,27,30). The first-order valence-corrected chi connectivity index (χ1v) is 11.6. The lowest BCUT2D eigenvalue weighted by molar-refractivity contribution is 0.0732. The van der Waals surface area contributed by atoms with Gasteiger partial charge >= 0.3 is 0 Å². The van der Waals surface area contributed by atoms with E-state index in [4.69, 9.17) is 4.42 Å². The van der Waals surface area contributed by atoms with Gasteiger partial charge in [-0.3, -0.25) is 9.59 Å². The highest BCUT2D eigenvalue weighted by atomic mass is 32.1. The number of thiazole rings is 1. The van der Waals surface area contributed by atoms with Gasteiger partial charge in [-0.1, -0.05) is 18.2 Å². The third kappa shape index (κ3) is 4.39. The zero-order valence-corrected chi connectivity index (χ0v) is 18.8. The van der Waals surface area contributed by atoms with Crippen molar-refractivity contribution in [3.05, 3.63) is 76.9 Å². The van der Waals surface area contributed by atoms with Crippen LogP contribution in [0.5, 0.6) is 0 Å². The number of rotatable bonds is 7. The Balaban J connectivity index is 1.32. The van der Waals surface area contributed by atoms with Crippen molar-refractivity contribution in [2.45, 2.75) is 25.8 Å². The number of aromatic nitrogens is 1. The van der Waals surface area contributed by atoms with Crippen LogP contribution < -0.4 is 5.32 Å². The van der Waals surface area contributed by atoms with Gasteiger partial charge in [0.05, 0.1) is 21.7 Å².